The van der Waals surface area contributed by atoms with Crippen LogP contribution in [0.1, 0.15) is 42.4 Å². The zero-order chi connectivity index (χ0) is 19.5. The third kappa shape index (κ3) is 4.06. The fourth-order valence-electron chi connectivity index (χ4n) is 3.61. The van der Waals surface area contributed by atoms with Crippen LogP contribution in [0.3, 0.4) is 0 Å². The molecule has 2 aromatic heterocycles. The Bertz CT molecular complexity index is 963. The highest BCUT2D eigenvalue weighted by Crippen LogP contribution is 2.41. The minimum Gasteiger partial charge on any atom is -0.455 e. The first-order valence-electron chi connectivity index (χ1n) is 9.35. The molecule has 146 valence electrons. The van der Waals surface area contributed by atoms with E-state index in [2.05, 4.69) is 10.5 Å². The van der Waals surface area contributed by atoms with Crippen molar-refractivity contribution in [2.75, 3.05) is 11.9 Å². The largest absolute Gasteiger partial charge is 0.455 e. The van der Waals surface area contributed by atoms with Gasteiger partial charge in [-0.15, -0.1) is 11.3 Å². The highest BCUT2D eigenvalue weighted by atomic mass is 32.1. The highest BCUT2D eigenvalue weighted by Gasteiger charge is 2.35. The first-order valence-corrected chi connectivity index (χ1v) is 10.2. The van der Waals surface area contributed by atoms with Crippen LogP contribution in [-0.4, -0.2) is 28.6 Å². The molecule has 0 bridgehead atoms. The van der Waals surface area contributed by atoms with Crippen molar-refractivity contribution in [2.45, 2.75) is 38.5 Å². The second kappa shape index (κ2) is 8.10. The van der Waals surface area contributed by atoms with Crippen LogP contribution in [0, 0.1) is 12.8 Å². The maximum Gasteiger partial charge on any atom is 0.310 e. The lowest BCUT2D eigenvalue weighted by molar-refractivity contribution is -0.153. The number of nitrogens with one attached hydrogen (secondary N) is 1. The van der Waals surface area contributed by atoms with E-state index >= 15 is 0 Å². The first kappa shape index (κ1) is 18.6. The van der Waals surface area contributed by atoms with Crippen molar-refractivity contribution in [3.8, 4) is 0 Å². The Balaban J connectivity index is 1.40. The molecule has 2 atom stereocenters. The van der Waals surface area contributed by atoms with Crippen molar-refractivity contribution in [3.05, 3.63) is 41.1 Å². The van der Waals surface area contributed by atoms with E-state index in [1.807, 2.05) is 24.3 Å². The molecule has 1 aromatic carbocycles. The molecule has 8 heteroatoms. The first-order chi connectivity index (χ1) is 13.6. The molecule has 0 unspecified atom stereocenters. The molecule has 2 heterocycles. The van der Waals surface area contributed by atoms with Gasteiger partial charge in [0.05, 0.1) is 21.1 Å². The molecule has 0 spiro atoms. The number of ether oxygens (including phenoxy) is 1. The van der Waals surface area contributed by atoms with Gasteiger partial charge in [-0.05, 0) is 31.9 Å². The van der Waals surface area contributed by atoms with Crippen LogP contribution in [-0.2, 0) is 14.3 Å². The number of nitrogens with zero attached hydrogens (tertiary/aromatic N) is 2. The van der Waals surface area contributed by atoms with Gasteiger partial charge in [0.15, 0.2) is 12.4 Å². The molecule has 1 aliphatic rings. The van der Waals surface area contributed by atoms with Gasteiger partial charge in [0.25, 0.3) is 5.91 Å². The zero-order valence-corrected chi connectivity index (χ0v) is 16.3. The minimum atomic E-state index is -0.436. The van der Waals surface area contributed by atoms with Gasteiger partial charge in [0.1, 0.15) is 5.76 Å². The summed E-state index contributed by atoms with van der Waals surface area (Å²) in [7, 11) is 0. The molecular weight excluding hydrogens is 378 g/mol. The smallest absolute Gasteiger partial charge is 0.310 e. The molecule has 1 aliphatic carbocycles. The summed E-state index contributed by atoms with van der Waals surface area (Å²) in [5.74, 6) is -0.0995. The normalized spacial score (nSPS) is 19.5. The van der Waals surface area contributed by atoms with Crippen molar-refractivity contribution in [3.63, 3.8) is 0 Å². The van der Waals surface area contributed by atoms with Crippen LogP contribution >= 0.6 is 11.3 Å². The monoisotopic (exact) mass is 399 g/mol. The Kier molecular flexibility index (Phi) is 5.38. The standard InChI is InChI=1S/C20H21N3O4S/c1-12-10-17(23-27-12)22-18(24)11-26-20(25)14-7-3-2-6-13(14)19-21-15-8-4-5-9-16(15)28-19/h4-5,8-10,13-14H,2-3,6-7,11H2,1H3,(H,22,23,24)/t13-,14+/m0/s1. The van der Waals surface area contributed by atoms with Crippen LogP contribution in [0.4, 0.5) is 5.82 Å². The van der Waals surface area contributed by atoms with Crippen LogP contribution in [0.15, 0.2) is 34.9 Å². The van der Waals surface area contributed by atoms with Crippen molar-refractivity contribution in [1.29, 1.82) is 0 Å². The number of para-hydroxylation sites is 1. The molecule has 1 saturated carbocycles. The number of hydrogen-bond donors (Lipinski definition) is 1. The Morgan fingerprint density at radius 2 is 2.11 bits per heavy atom. The number of hydrogen-bond acceptors (Lipinski definition) is 7. The Morgan fingerprint density at radius 3 is 2.89 bits per heavy atom. The number of rotatable bonds is 5. The average Bonchev–Trinajstić information content (AvgIpc) is 3.32. The molecule has 1 fully saturated rings. The zero-order valence-electron chi connectivity index (χ0n) is 15.5. The molecule has 0 saturated heterocycles. The van der Waals surface area contributed by atoms with Gasteiger partial charge in [-0.2, -0.15) is 0 Å². The quantitative estimate of drug-likeness (QED) is 0.651. The summed E-state index contributed by atoms with van der Waals surface area (Å²) in [6.45, 7) is 1.39. The topological polar surface area (TPSA) is 94.3 Å². The number of carbonyl (C=O) groups excluding carboxylic acids is 2. The molecule has 7 nitrogen and oxygen atoms in total. The van der Waals surface area contributed by atoms with Crippen LogP contribution < -0.4 is 5.32 Å². The van der Waals surface area contributed by atoms with Crippen LogP contribution in [0.25, 0.3) is 10.2 Å². The molecule has 28 heavy (non-hydrogen) atoms. The number of fused-ring (bicyclic) bond motifs is 1. The summed E-state index contributed by atoms with van der Waals surface area (Å²) in [5.41, 5.74) is 0.961. The molecule has 1 amide bonds. The predicted octanol–water partition coefficient (Wildman–Crippen LogP) is 4.05. The Hall–Kier alpha value is -2.74. The van der Waals surface area contributed by atoms with E-state index < -0.39 is 5.91 Å². The Morgan fingerprint density at radius 1 is 1.29 bits per heavy atom. The van der Waals surface area contributed by atoms with Crippen LogP contribution in [0.2, 0.25) is 0 Å². The molecule has 0 radical (unpaired) electrons. The van der Waals surface area contributed by atoms with Gasteiger partial charge in [0.2, 0.25) is 0 Å². The lowest BCUT2D eigenvalue weighted by Gasteiger charge is -2.28. The summed E-state index contributed by atoms with van der Waals surface area (Å²) in [6, 6.07) is 9.59. The van der Waals surface area contributed by atoms with E-state index in [0.29, 0.717) is 11.6 Å². The molecular formula is C20H21N3O4S. The number of aromatic nitrogens is 2. The van der Waals surface area contributed by atoms with E-state index in [0.717, 1.165) is 40.9 Å². The van der Waals surface area contributed by atoms with E-state index in [4.69, 9.17) is 14.2 Å². The summed E-state index contributed by atoms with van der Waals surface area (Å²) in [4.78, 5) is 29.4. The fourth-order valence-corrected chi connectivity index (χ4v) is 4.77. The fraction of sp³-hybridized carbons (Fsp3) is 0.400. The van der Waals surface area contributed by atoms with Gasteiger partial charge in [-0.25, -0.2) is 4.98 Å². The third-order valence-electron chi connectivity index (χ3n) is 4.94. The molecule has 1 N–H and O–H groups in total. The van der Waals surface area contributed by atoms with Gasteiger partial charge in [-0.1, -0.05) is 30.1 Å². The van der Waals surface area contributed by atoms with Crippen molar-refractivity contribution in [1.82, 2.24) is 10.1 Å². The molecule has 4 rings (SSSR count). The number of carbonyl (C=O) groups is 2. The number of aryl methyl sites for hydroxylation is 1. The summed E-state index contributed by atoms with van der Waals surface area (Å²) >= 11 is 1.64. The van der Waals surface area contributed by atoms with Crippen molar-refractivity contribution in [2.24, 2.45) is 5.92 Å². The van der Waals surface area contributed by atoms with Crippen LogP contribution in [0.5, 0.6) is 0 Å². The molecule has 0 aliphatic heterocycles. The van der Waals surface area contributed by atoms with E-state index in [1.165, 1.54) is 0 Å². The number of esters is 1. The van der Waals surface area contributed by atoms with Crippen molar-refractivity contribution < 1.29 is 18.8 Å². The van der Waals surface area contributed by atoms with Crippen molar-refractivity contribution >= 4 is 39.2 Å². The van der Waals surface area contributed by atoms with Gasteiger partial charge in [-0.3, -0.25) is 9.59 Å². The maximum atomic E-state index is 12.7. The van der Waals surface area contributed by atoms with E-state index in [-0.39, 0.29) is 24.4 Å². The lowest BCUT2D eigenvalue weighted by atomic mass is 9.79. The highest BCUT2D eigenvalue weighted by molar-refractivity contribution is 7.18. The lowest BCUT2D eigenvalue weighted by Crippen LogP contribution is -2.30. The van der Waals surface area contributed by atoms with E-state index in [9.17, 15) is 9.59 Å². The molecule has 3 aromatic rings. The number of thiazole rings is 1. The van der Waals surface area contributed by atoms with Gasteiger partial charge < -0.3 is 14.6 Å². The van der Waals surface area contributed by atoms with Gasteiger partial charge in [0, 0.05) is 12.0 Å². The maximum absolute atomic E-state index is 12.7. The minimum absolute atomic E-state index is 0.0416. The number of amides is 1. The summed E-state index contributed by atoms with van der Waals surface area (Å²) < 4.78 is 11.3. The summed E-state index contributed by atoms with van der Waals surface area (Å²) in [5, 5.41) is 7.22. The predicted molar refractivity (Wildman–Crippen MR) is 105 cm³/mol. The Labute approximate surface area is 166 Å². The number of anilines is 1. The van der Waals surface area contributed by atoms with E-state index in [1.54, 1.807) is 24.3 Å². The SMILES string of the molecule is Cc1cc(NC(=O)COC(=O)[C@@H]2CCCC[C@@H]2c2nc3ccccc3s2)no1. The average molecular weight is 399 g/mol. The number of benzene rings is 1. The second-order valence-electron chi connectivity index (χ2n) is 7.00. The third-order valence-corrected chi connectivity index (χ3v) is 6.11. The van der Waals surface area contributed by atoms with Gasteiger partial charge >= 0.3 is 5.97 Å². The summed E-state index contributed by atoms with van der Waals surface area (Å²) in [6.07, 6.45) is 3.70. The second-order valence-corrected chi connectivity index (χ2v) is 8.06.